The molecule has 1 saturated carbocycles. The van der Waals surface area contributed by atoms with Crippen molar-refractivity contribution in [2.45, 2.75) is 39.0 Å². The van der Waals surface area contributed by atoms with Crippen molar-refractivity contribution < 1.29 is 4.79 Å². The first-order valence-electron chi connectivity index (χ1n) is 10.5. The van der Waals surface area contributed by atoms with Gasteiger partial charge in [0.15, 0.2) is 0 Å². The number of amides is 1. The van der Waals surface area contributed by atoms with Gasteiger partial charge in [0, 0.05) is 43.2 Å². The Morgan fingerprint density at radius 2 is 2.07 bits per heavy atom. The van der Waals surface area contributed by atoms with Gasteiger partial charge in [0.2, 0.25) is 0 Å². The first-order valence-corrected chi connectivity index (χ1v) is 10.5. The van der Waals surface area contributed by atoms with E-state index in [1.54, 1.807) is 6.20 Å². The van der Waals surface area contributed by atoms with Gasteiger partial charge >= 0.3 is 0 Å². The number of likely N-dealkylation sites (tertiary alicyclic amines) is 2. The highest BCUT2D eigenvalue weighted by atomic mass is 16.2. The molecule has 0 radical (unpaired) electrons. The molecular weight excluding hydrogens is 334 g/mol. The fraction of sp³-hybridized carbons (Fsp3) is 0.565. The third kappa shape index (κ3) is 3.36. The number of aromatic nitrogens is 1. The number of nitrogens with zero attached hydrogens (tertiary/aromatic N) is 3. The normalized spacial score (nSPS) is 26.2. The lowest BCUT2D eigenvalue weighted by Crippen LogP contribution is -2.46. The summed E-state index contributed by atoms with van der Waals surface area (Å²) in [6.07, 6.45) is 8.32. The third-order valence-electron chi connectivity index (χ3n) is 6.81. The van der Waals surface area contributed by atoms with Crippen molar-refractivity contribution in [2.75, 3.05) is 32.7 Å². The van der Waals surface area contributed by atoms with Crippen molar-refractivity contribution in [3.05, 3.63) is 41.6 Å². The largest absolute Gasteiger partial charge is 0.338 e. The minimum atomic E-state index is 0.184. The van der Waals surface area contributed by atoms with Gasteiger partial charge in [0.25, 0.3) is 5.91 Å². The van der Waals surface area contributed by atoms with Crippen molar-refractivity contribution in [1.29, 1.82) is 0 Å². The zero-order valence-electron chi connectivity index (χ0n) is 16.3. The molecule has 1 aromatic carbocycles. The number of carbonyl (C=O) groups is 1. The molecule has 142 valence electrons. The van der Waals surface area contributed by atoms with E-state index in [4.69, 9.17) is 0 Å². The molecule has 0 N–H and O–H groups in total. The zero-order valence-corrected chi connectivity index (χ0v) is 16.3. The Morgan fingerprint density at radius 1 is 1.19 bits per heavy atom. The minimum absolute atomic E-state index is 0.184. The average Bonchev–Trinajstić information content (AvgIpc) is 3.40. The molecule has 1 atom stereocenters. The van der Waals surface area contributed by atoms with Crippen LogP contribution in [-0.2, 0) is 0 Å². The summed E-state index contributed by atoms with van der Waals surface area (Å²) in [4.78, 5) is 22.6. The van der Waals surface area contributed by atoms with E-state index in [0.29, 0.717) is 5.41 Å². The van der Waals surface area contributed by atoms with Crippen LogP contribution in [0.15, 0.2) is 30.5 Å². The molecule has 3 heterocycles. The summed E-state index contributed by atoms with van der Waals surface area (Å²) in [6, 6.07) is 8.07. The number of hydrogen-bond acceptors (Lipinski definition) is 3. The molecule has 2 saturated heterocycles. The van der Waals surface area contributed by atoms with E-state index in [-0.39, 0.29) is 5.91 Å². The van der Waals surface area contributed by atoms with Crippen LogP contribution in [0.4, 0.5) is 0 Å². The summed E-state index contributed by atoms with van der Waals surface area (Å²) < 4.78 is 0. The molecule has 0 unspecified atom stereocenters. The first-order chi connectivity index (χ1) is 13.1. The molecule has 5 rings (SSSR count). The van der Waals surface area contributed by atoms with Gasteiger partial charge < -0.3 is 9.80 Å². The second kappa shape index (κ2) is 6.59. The lowest BCUT2D eigenvalue weighted by atomic mass is 9.79. The topological polar surface area (TPSA) is 36.4 Å². The van der Waals surface area contributed by atoms with Gasteiger partial charge in [0.1, 0.15) is 0 Å². The predicted octanol–water partition coefficient (Wildman–Crippen LogP) is 3.88. The number of fused-ring (bicyclic) bond motifs is 1. The number of pyridine rings is 1. The molecule has 2 aliphatic heterocycles. The van der Waals surface area contributed by atoms with Crippen LogP contribution >= 0.6 is 0 Å². The summed E-state index contributed by atoms with van der Waals surface area (Å²) in [7, 11) is 0. The Kier molecular flexibility index (Phi) is 4.19. The Hall–Kier alpha value is -1.94. The molecule has 1 amide bonds. The highest BCUT2D eigenvalue weighted by molar-refractivity contribution is 6.06. The van der Waals surface area contributed by atoms with E-state index in [2.05, 4.69) is 33.8 Å². The van der Waals surface area contributed by atoms with Crippen molar-refractivity contribution >= 4 is 16.8 Å². The number of rotatable bonds is 3. The van der Waals surface area contributed by atoms with Gasteiger partial charge in [0.05, 0.1) is 11.1 Å². The molecule has 1 spiro atoms. The van der Waals surface area contributed by atoms with Crippen LogP contribution < -0.4 is 0 Å². The highest BCUT2D eigenvalue weighted by Crippen LogP contribution is 2.41. The Morgan fingerprint density at radius 3 is 2.93 bits per heavy atom. The average molecular weight is 364 g/mol. The van der Waals surface area contributed by atoms with Gasteiger partial charge in [-0.25, -0.2) is 0 Å². The molecule has 3 fully saturated rings. The van der Waals surface area contributed by atoms with Gasteiger partial charge in [-0.2, -0.15) is 0 Å². The van der Waals surface area contributed by atoms with Crippen LogP contribution in [0, 0.1) is 18.3 Å². The zero-order chi connectivity index (χ0) is 18.4. The van der Waals surface area contributed by atoms with E-state index in [1.165, 1.54) is 50.9 Å². The number of hydrogen-bond donors (Lipinski definition) is 0. The van der Waals surface area contributed by atoms with Crippen LogP contribution in [0.5, 0.6) is 0 Å². The quantitative estimate of drug-likeness (QED) is 0.830. The number of benzene rings is 1. The second-order valence-corrected chi connectivity index (χ2v) is 9.14. The fourth-order valence-corrected chi connectivity index (χ4v) is 5.19. The Balaban J connectivity index is 1.35. The molecule has 0 bridgehead atoms. The van der Waals surface area contributed by atoms with Gasteiger partial charge in [-0.05, 0) is 69.7 Å². The molecule has 27 heavy (non-hydrogen) atoms. The maximum Gasteiger partial charge on any atom is 0.254 e. The predicted molar refractivity (Wildman–Crippen MR) is 108 cm³/mol. The molecule has 2 aromatic rings. The maximum atomic E-state index is 13.4. The molecule has 4 nitrogen and oxygen atoms in total. The smallest absolute Gasteiger partial charge is 0.254 e. The molecule has 3 aliphatic rings. The van der Waals surface area contributed by atoms with Gasteiger partial charge in [-0.1, -0.05) is 11.6 Å². The van der Waals surface area contributed by atoms with E-state index in [0.717, 1.165) is 41.9 Å². The highest BCUT2D eigenvalue weighted by Gasteiger charge is 2.43. The monoisotopic (exact) mass is 363 g/mol. The van der Waals surface area contributed by atoms with Crippen LogP contribution in [0.3, 0.4) is 0 Å². The molecule has 1 aliphatic carbocycles. The van der Waals surface area contributed by atoms with Crippen LogP contribution in [-0.4, -0.2) is 53.4 Å². The maximum absolute atomic E-state index is 13.4. The van der Waals surface area contributed by atoms with Crippen molar-refractivity contribution in [3.8, 4) is 0 Å². The van der Waals surface area contributed by atoms with Crippen molar-refractivity contribution in [2.24, 2.45) is 11.3 Å². The summed E-state index contributed by atoms with van der Waals surface area (Å²) in [5.41, 5.74) is 3.21. The van der Waals surface area contributed by atoms with Crippen LogP contribution in [0.1, 0.15) is 48.0 Å². The van der Waals surface area contributed by atoms with Gasteiger partial charge in [-0.15, -0.1) is 0 Å². The summed E-state index contributed by atoms with van der Waals surface area (Å²) >= 11 is 0. The number of aryl methyl sites for hydroxylation is 1. The summed E-state index contributed by atoms with van der Waals surface area (Å²) in [5, 5.41) is 0.988. The summed E-state index contributed by atoms with van der Waals surface area (Å²) in [5.74, 6) is 1.13. The second-order valence-electron chi connectivity index (χ2n) is 9.14. The lowest BCUT2D eigenvalue weighted by Gasteiger charge is -2.40. The van der Waals surface area contributed by atoms with E-state index < -0.39 is 0 Å². The molecule has 1 aromatic heterocycles. The molecule has 4 heteroatoms. The van der Waals surface area contributed by atoms with Crippen LogP contribution in [0.25, 0.3) is 10.9 Å². The number of piperidine rings is 1. The Bertz CT molecular complexity index is 875. The Labute approximate surface area is 161 Å². The van der Waals surface area contributed by atoms with E-state index in [9.17, 15) is 4.79 Å². The molecular formula is C23H29N3O. The lowest BCUT2D eigenvalue weighted by molar-refractivity contribution is 0.0683. The fourth-order valence-electron chi connectivity index (χ4n) is 5.19. The van der Waals surface area contributed by atoms with Crippen LogP contribution in [0.2, 0.25) is 0 Å². The minimum Gasteiger partial charge on any atom is -0.338 e. The third-order valence-corrected chi connectivity index (χ3v) is 6.81. The SMILES string of the molecule is Cc1ccc2nccc(C(=O)N3CC[C@@]4(CCCN(CC5CC5)C4)C3)c2c1. The summed E-state index contributed by atoms with van der Waals surface area (Å²) in [6.45, 7) is 7.60. The number of carbonyl (C=O) groups excluding carboxylic acids is 1. The van der Waals surface area contributed by atoms with E-state index in [1.807, 2.05) is 12.1 Å². The first kappa shape index (κ1) is 17.2. The van der Waals surface area contributed by atoms with E-state index >= 15 is 0 Å². The van der Waals surface area contributed by atoms with Crippen molar-refractivity contribution in [3.63, 3.8) is 0 Å². The van der Waals surface area contributed by atoms with Crippen molar-refractivity contribution in [1.82, 2.24) is 14.8 Å². The van der Waals surface area contributed by atoms with Gasteiger partial charge in [-0.3, -0.25) is 9.78 Å². The standard InChI is InChI=1S/C23H29N3O/c1-17-3-6-21-20(13-17)19(7-10-24-21)22(27)26-12-9-23(16-26)8-2-11-25(15-23)14-18-4-5-18/h3,6-7,10,13,18H,2,4-5,8-9,11-12,14-16H2,1H3/t23-/m1/s1.